The van der Waals surface area contributed by atoms with E-state index in [-0.39, 0.29) is 18.6 Å². The normalized spacial score (nSPS) is 11.9. The second-order valence-electron chi connectivity index (χ2n) is 4.46. The molecule has 5 heteroatoms. The van der Waals surface area contributed by atoms with Gasteiger partial charge in [0, 0.05) is 9.92 Å². The Bertz CT molecular complexity index is 575. The highest BCUT2D eigenvalue weighted by Gasteiger charge is 2.13. The smallest absolute Gasteiger partial charge is 0.230 e. The summed E-state index contributed by atoms with van der Waals surface area (Å²) in [5.74, 6) is 0.183. The van der Waals surface area contributed by atoms with E-state index in [2.05, 4.69) is 5.32 Å². The molecule has 0 spiro atoms. The third-order valence-electron chi connectivity index (χ3n) is 2.90. The number of halogens is 1. The Morgan fingerprint density at radius 2 is 1.81 bits per heavy atom. The Morgan fingerprint density at radius 1 is 1.14 bits per heavy atom. The van der Waals surface area contributed by atoms with E-state index < -0.39 is 0 Å². The molecule has 0 bridgehead atoms. The summed E-state index contributed by atoms with van der Waals surface area (Å²) in [7, 11) is 0. The van der Waals surface area contributed by atoms with Crippen molar-refractivity contribution in [2.24, 2.45) is 0 Å². The first-order valence-corrected chi connectivity index (χ1v) is 7.89. The van der Waals surface area contributed by atoms with E-state index in [9.17, 15) is 9.90 Å². The molecule has 0 unspecified atom stereocenters. The SMILES string of the molecule is O=C(CSc1ccc(Cl)cc1)N[C@@H](CO)c1ccccc1. The topological polar surface area (TPSA) is 49.3 Å². The summed E-state index contributed by atoms with van der Waals surface area (Å²) in [5.41, 5.74) is 0.893. The molecule has 0 aliphatic heterocycles. The number of aliphatic hydroxyl groups is 1. The molecule has 0 radical (unpaired) electrons. The summed E-state index contributed by atoms with van der Waals surface area (Å²) in [4.78, 5) is 12.9. The van der Waals surface area contributed by atoms with Gasteiger partial charge in [0.15, 0.2) is 0 Å². The highest BCUT2D eigenvalue weighted by molar-refractivity contribution is 8.00. The van der Waals surface area contributed by atoms with Crippen LogP contribution in [0.25, 0.3) is 0 Å². The van der Waals surface area contributed by atoms with Crippen LogP contribution in [0.15, 0.2) is 59.5 Å². The molecule has 0 aliphatic rings. The lowest BCUT2D eigenvalue weighted by Crippen LogP contribution is -2.32. The van der Waals surface area contributed by atoms with Crippen molar-refractivity contribution in [1.82, 2.24) is 5.32 Å². The molecule has 110 valence electrons. The van der Waals surface area contributed by atoms with E-state index >= 15 is 0 Å². The highest BCUT2D eigenvalue weighted by atomic mass is 35.5. The van der Waals surface area contributed by atoms with Gasteiger partial charge in [0.1, 0.15) is 0 Å². The Labute approximate surface area is 133 Å². The lowest BCUT2D eigenvalue weighted by Gasteiger charge is -2.16. The van der Waals surface area contributed by atoms with Crippen molar-refractivity contribution in [3.63, 3.8) is 0 Å². The largest absolute Gasteiger partial charge is 0.394 e. The first-order chi connectivity index (χ1) is 10.2. The fourth-order valence-electron chi connectivity index (χ4n) is 1.84. The van der Waals surface area contributed by atoms with Gasteiger partial charge in [-0.3, -0.25) is 4.79 Å². The molecular weight excluding hydrogens is 306 g/mol. The van der Waals surface area contributed by atoms with E-state index in [4.69, 9.17) is 11.6 Å². The van der Waals surface area contributed by atoms with Gasteiger partial charge in [0.25, 0.3) is 0 Å². The number of carbonyl (C=O) groups excluding carboxylic acids is 1. The van der Waals surface area contributed by atoms with Gasteiger partial charge >= 0.3 is 0 Å². The molecule has 0 aliphatic carbocycles. The number of carbonyl (C=O) groups is 1. The highest BCUT2D eigenvalue weighted by Crippen LogP contribution is 2.20. The minimum Gasteiger partial charge on any atom is -0.394 e. The van der Waals surface area contributed by atoms with E-state index in [1.807, 2.05) is 42.5 Å². The number of nitrogens with one attached hydrogen (secondary N) is 1. The average molecular weight is 322 g/mol. The summed E-state index contributed by atoms with van der Waals surface area (Å²) < 4.78 is 0. The lowest BCUT2D eigenvalue weighted by atomic mass is 10.1. The maximum Gasteiger partial charge on any atom is 0.230 e. The van der Waals surface area contributed by atoms with Crippen molar-refractivity contribution in [1.29, 1.82) is 0 Å². The zero-order valence-electron chi connectivity index (χ0n) is 11.3. The molecule has 3 nitrogen and oxygen atoms in total. The van der Waals surface area contributed by atoms with E-state index in [1.54, 1.807) is 12.1 Å². The third-order valence-corrected chi connectivity index (χ3v) is 4.17. The van der Waals surface area contributed by atoms with Crippen LogP contribution < -0.4 is 5.32 Å². The molecule has 2 aromatic rings. The van der Waals surface area contributed by atoms with E-state index in [1.165, 1.54) is 11.8 Å². The summed E-state index contributed by atoms with van der Waals surface area (Å²) in [6.07, 6.45) is 0. The zero-order chi connectivity index (χ0) is 15.1. The van der Waals surface area contributed by atoms with Crippen LogP contribution in [-0.4, -0.2) is 23.4 Å². The molecule has 2 N–H and O–H groups in total. The molecule has 1 atom stereocenters. The first-order valence-electron chi connectivity index (χ1n) is 6.52. The number of hydrogen-bond acceptors (Lipinski definition) is 3. The predicted octanol–water partition coefficient (Wildman–Crippen LogP) is 3.28. The van der Waals surface area contributed by atoms with Crippen LogP contribution in [0.5, 0.6) is 0 Å². The maximum atomic E-state index is 12.0. The number of rotatable bonds is 6. The molecule has 0 saturated carbocycles. The van der Waals surface area contributed by atoms with Gasteiger partial charge in [-0.15, -0.1) is 11.8 Å². The van der Waals surface area contributed by atoms with Crippen molar-refractivity contribution in [3.8, 4) is 0 Å². The molecule has 0 heterocycles. The van der Waals surface area contributed by atoms with Crippen molar-refractivity contribution in [2.45, 2.75) is 10.9 Å². The van der Waals surface area contributed by atoms with Crippen molar-refractivity contribution >= 4 is 29.3 Å². The van der Waals surface area contributed by atoms with Gasteiger partial charge in [-0.05, 0) is 29.8 Å². The van der Waals surface area contributed by atoms with Gasteiger partial charge < -0.3 is 10.4 Å². The summed E-state index contributed by atoms with van der Waals surface area (Å²) in [6, 6.07) is 16.4. The number of amides is 1. The number of thioether (sulfide) groups is 1. The lowest BCUT2D eigenvalue weighted by molar-refractivity contribution is -0.119. The van der Waals surface area contributed by atoms with Gasteiger partial charge in [0.2, 0.25) is 5.91 Å². The van der Waals surface area contributed by atoms with E-state index in [0.29, 0.717) is 10.8 Å². The monoisotopic (exact) mass is 321 g/mol. The average Bonchev–Trinajstić information content (AvgIpc) is 2.53. The van der Waals surface area contributed by atoms with E-state index in [0.717, 1.165) is 10.5 Å². The van der Waals surface area contributed by atoms with Crippen molar-refractivity contribution in [3.05, 3.63) is 65.2 Å². The Morgan fingerprint density at radius 3 is 2.43 bits per heavy atom. The molecule has 1 amide bonds. The molecule has 0 fully saturated rings. The first kappa shape index (κ1) is 15.9. The number of aliphatic hydroxyl groups excluding tert-OH is 1. The Hall–Kier alpha value is -1.49. The molecule has 2 aromatic carbocycles. The fourth-order valence-corrected chi connectivity index (χ4v) is 2.67. The van der Waals surface area contributed by atoms with Crippen LogP contribution in [-0.2, 0) is 4.79 Å². The van der Waals surface area contributed by atoms with Crippen molar-refractivity contribution < 1.29 is 9.90 Å². The molecule has 21 heavy (non-hydrogen) atoms. The van der Waals surface area contributed by atoms with Crippen LogP contribution in [0.3, 0.4) is 0 Å². The Balaban J connectivity index is 1.87. The predicted molar refractivity (Wildman–Crippen MR) is 86.6 cm³/mol. The quantitative estimate of drug-likeness (QED) is 0.803. The van der Waals surface area contributed by atoms with Gasteiger partial charge in [-0.2, -0.15) is 0 Å². The third kappa shape index (κ3) is 5.08. The van der Waals surface area contributed by atoms with Crippen LogP contribution in [0, 0.1) is 0 Å². The minimum atomic E-state index is -0.371. The molecular formula is C16H16ClNO2S. The summed E-state index contributed by atoms with van der Waals surface area (Å²) in [6.45, 7) is -0.124. The standard InChI is InChI=1S/C16H16ClNO2S/c17-13-6-8-14(9-7-13)21-11-16(20)18-15(10-19)12-4-2-1-3-5-12/h1-9,15,19H,10-11H2,(H,18,20)/t15-/m0/s1. The summed E-state index contributed by atoms with van der Waals surface area (Å²) in [5, 5.41) is 12.9. The summed E-state index contributed by atoms with van der Waals surface area (Å²) >= 11 is 7.25. The maximum absolute atomic E-state index is 12.0. The number of hydrogen-bond donors (Lipinski definition) is 2. The second kappa shape index (κ2) is 8.08. The zero-order valence-corrected chi connectivity index (χ0v) is 12.9. The molecule has 0 saturated heterocycles. The fraction of sp³-hybridized carbons (Fsp3) is 0.188. The van der Waals surface area contributed by atoms with Crippen LogP contribution in [0.2, 0.25) is 5.02 Å². The van der Waals surface area contributed by atoms with Crippen molar-refractivity contribution in [2.75, 3.05) is 12.4 Å². The second-order valence-corrected chi connectivity index (χ2v) is 5.94. The van der Waals surface area contributed by atoms with Gasteiger partial charge in [-0.25, -0.2) is 0 Å². The van der Waals surface area contributed by atoms with Gasteiger partial charge in [0.05, 0.1) is 18.4 Å². The van der Waals surface area contributed by atoms with Crippen LogP contribution >= 0.6 is 23.4 Å². The Kier molecular flexibility index (Phi) is 6.11. The molecule has 2 rings (SSSR count). The number of benzene rings is 2. The molecule has 0 aromatic heterocycles. The van der Waals surface area contributed by atoms with Gasteiger partial charge in [-0.1, -0.05) is 41.9 Å². The minimum absolute atomic E-state index is 0.113. The van der Waals surface area contributed by atoms with Crippen LogP contribution in [0.4, 0.5) is 0 Å². The van der Waals surface area contributed by atoms with Crippen LogP contribution in [0.1, 0.15) is 11.6 Å².